The van der Waals surface area contributed by atoms with Gasteiger partial charge in [0.2, 0.25) is 0 Å². The second-order valence-electron chi connectivity index (χ2n) is 4.18. The molecule has 1 aliphatic rings. The van der Waals surface area contributed by atoms with Crippen LogP contribution in [0.25, 0.3) is 11.2 Å². The van der Waals surface area contributed by atoms with Gasteiger partial charge in [0, 0.05) is 12.5 Å². The fraction of sp³-hybridized carbons (Fsp3) is 0.500. The number of aromatic nitrogens is 4. The maximum Gasteiger partial charge on any atom is 0.165 e. The molecule has 0 amide bonds. The zero-order chi connectivity index (χ0) is 12.0. The number of nitrogens with zero attached hydrogens (tertiary/aromatic N) is 4. The largest absolute Gasteiger partial charge is 0.396 e. The summed E-state index contributed by atoms with van der Waals surface area (Å²) in [6, 6.07) is -0.317. The molecule has 0 spiro atoms. The second kappa shape index (κ2) is 3.89. The smallest absolute Gasteiger partial charge is 0.165 e. The Morgan fingerprint density at radius 3 is 3.00 bits per heavy atom. The zero-order valence-corrected chi connectivity index (χ0v) is 9.55. The van der Waals surface area contributed by atoms with Gasteiger partial charge in [0.15, 0.2) is 10.8 Å². The molecule has 5 nitrogen and oxygen atoms in total. The SMILES string of the molecule is OC[C@H]1C[C@@H](n2cnc3c(Cl)ncnc32)C1F. The lowest BCUT2D eigenvalue weighted by Crippen LogP contribution is -2.42. The highest BCUT2D eigenvalue weighted by molar-refractivity contribution is 6.33. The number of halogens is 2. The average Bonchev–Trinajstić information content (AvgIpc) is 2.73. The summed E-state index contributed by atoms with van der Waals surface area (Å²) in [6.45, 7) is -0.125. The third-order valence-corrected chi connectivity index (χ3v) is 3.54. The lowest BCUT2D eigenvalue weighted by Gasteiger charge is -2.39. The summed E-state index contributed by atoms with van der Waals surface area (Å²) < 4.78 is 15.4. The molecule has 1 N–H and O–H groups in total. The summed E-state index contributed by atoms with van der Waals surface area (Å²) in [6.07, 6.45) is 2.38. The zero-order valence-electron chi connectivity index (χ0n) is 8.79. The maximum absolute atomic E-state index is 13.8. The van der Waals surface area contributed by atoms with Gasteiger partial charge >= 0.3 is 0 Å². The molecule has 0 radical (unpaired) electrons. The van der Waals surface area contributed by atoms with Crippen molar-refractivity contribution in [2.24, 2.45) is 5.92 Å². The van der Waals surface area contributed by atoms with E-state index in [1.54, 1.807) is 4.57 Å². The van der Waals surface area contributed by atoms with Crippen LogP contribution in [0.4, 0.5) is 4.39 Å². The molecule has 1 aliphatic carbocycles. The van der Waals surface area contributed by atoms with Gasteiger partial charge in [-0.3, -0.25) is 0 Å². The van der Waals surface area contributed by atoms with Crippen LogP contribution in [-0.2, 0) is 0 Å². The quantitative estimate of drug-likeness (QED) is 0.825. The van der Waals surface area contributed by atoms with Gasteiger partial charge in [-0.1, -0.05) is 11.6 Å². The van der Waals surface area contributed by atoms with Gasteiger partial charge < -0.3 is 9.67 Å². The van der Waals surface area contributed by atoms with Crippen molar-refractivity contribution in [3.63, 3.8) is 0 Å². The summed E-state index contributed by atoms with van der Waals surface area (Å²) >= 11 is 5.87. The van der Waals surface area contributed by atoms with Gasteiger partial charge in [0.05, 0.1) is 12.4 Å². The summed E-state index contributed by atoms with van der Waals surface area (Å²) in [4.78, 5) is 12.0. The first-order valence-corrected chi connectivity index (χ1v) is 5.68. The molecule has 1 fully saturated rings. The van der Waals surface area contributed by atoms with E-state index in [1.165, 1.54) is 12.7 Å². The summed E-state index contributed by atoms with van der Waals surface area (Å²) in [5.74, 6) is -0.283. The normalized spacial score (nSPS) is 28.3. The van der Waals surface area contributed by atoms with Crippen LogP contribution in [0.5, 0.6) is 0 Å². The van der Waals surface area contributed by atoms with E-state index in [0.29, 0.717) is 17.6 Å². The van der Waals surface area contributed by atoms with Crippen LogP contribution in [0.1, 0.15) is 12.5 Å². The van der Waals surface area contributed by atoms with E-state index < -0.39 is 6.17 Å². The van der Waals surface area contributed by atoms with E-state index in [0.717, 1.165) is 0 Å². The highest BCUT2D eigenvalue weighted by Crippen LogP contribution is 2.41. The Labute approximate surface area is 101 Å². The lowest BCUT2D eigenvalue weighted by atomic mass is 9.78. The van der Waals surface area contributed by atoms with Gasteiger partial charge in [0.1, 0.15) is 18.0 Å². The van der Waals surface area contributed by atoms with E-state index in [4.69, 9.17) is 16.7 Å². The van der Waals surface area contributed by atoms with E-state index in [1.807, 2.05) is 0 Å². The number of aliphatic hydroxyl groups is 1. The number of hydrogen-bond acceptors (Lipinski definition) is 4. The number of aliphatic hydroxyl groups excluding tert-OH is 1. The summed E-state index contributed by atoms with van der Waals surface area (Å²) in [5, 5.41) is 9.18. The van der Waals surface area contributed by atoms with Crippen LogP contribution < -0.4 is 0 Å². The standard InChI is InChI=1S/C10H10ClFN4O/c11-9-8-10(14-3-13-9)16(4-15-8)6-1-5(2-17)7(6)12/h3-7,17H,1-2H2/t5-,6-,7?/m1/s1. The Kier molecular flexibility index (Phi) is 2.48. The van der Waals surface area contributed by atoms with Crippen LogP contribution in [0.15, 0.2) is 12.7 Å². The van der Waals surface area contributed by atoms with Gasteiger partial charge in [-0.15, -0.1) is 0 Å². The molecule has 3 rings (SSSR count). The minimum atomic E-state index is -1.06. The highest BCUT2D eigenvalue weighted by Gasteiger charge is 2.42. The second-order valence-corrected chi connectivity index (χ2v) is 4.54. The van der Waals surface area contributed by atoms with E-state index in [-0.39, 0.29) is 23.7 Å². The molecule has 0 saturated heterocycles. The minimum Gasteiger partial charge on any atom is -0.396 e. The van der Waals surface area contributed by atoms with Crippen molar-refractivity contribution in [1.82, 2.24) is 19.5 Å². The molecule has 90 valence electrons. The molecular formula is C10H10ClFN4O. The monoisotopic (exact) mass is 256 g/mol. The molecular weight excluding hydrogens is 247 g/mol. The third kappa shape index (κ3) is 1.51. The Hall–Kier alpha value is -1.27. The third-order valence-electron chi connectivity index (χ3n) is 3.27. The summed E-state index contributed by atoms with van der Waals surface area (Å²) in [7, 11) is 0. The van der Waals surface area contributed by atoms with Crippen molar-refractivity contribution in [3.05, 3.63) is 17.8 Å². The van der Waals surface area contributed by atoms with Gasteiger partial charge in [-0.2, -0.15) is 0 Å². The first-order valence-electron chi connectivity index (χ1n) is 5.30. The Bertz CT molecular complexity index is 560. The minimum absolute atomic E-state index is 0.125. The van der Waals surface area contributed by atoms with E-state index in [2.05, 4.69) is 15.0 Å². The first kappa shape index (κ1) is 10.9. The van der Waals surface area contributed by atoms with E-state index >= 15 is 0 Å². The predicted molar refractivity (Wildman–Crippen MR) is 59.5 cm³/mol. The van der Waals surface area contributed by atoms with Crippen molar-refractivity contribution in [3.8, 4) is 0 Å². The van der Waals surface area contributed by atoms with Crippen LogP contribution in [0.3, 0.4) is 0 Å². The Morgan fingerprint density at radius 2 is 2.29 bits per heavy atom. The predicted octanol–water partition coefficient (Wildman–Crippen LogP) is 1.37. The van der Waals surface area contributed by atoms with Crippen molar-refractivity contribution in [1.29, 1.82) is 0 Å². The number of hydrogen-bond donors (Lipinski definition) is 1. The van der Waals surface area contributed by atoms with Crippen molar-refractivity contribution >= 4 is 22.8 Å². The number of rotatable bonds is 2. The molecule has 7 heteroatoms. The van der Waals surface area contributed by atoms with Crippen LogP contribution in [0, 0.1) is 5.92 Å². The topological polar surface area (TPSA) is 63.8 Å². The Balaban J connectivity index is 2.00. The molecule has 3 atom stereocenters. The molecule has 0 aromatic carbocycles. The fourth-order valence-corrected chi connectivity index (χ4v) is 2.37. The molecule has 1 unspecified atom stereocenters. The van der Waals surface area contributed by atoms with Crippen molar-refractivity contribution < 1.29 is 9.50 Å². The summed E-state index contributed by atoms with van der Waals surface area (Å²) in [5.41, 5.74) is 1.02. The average molecular weight is 257 g/mol. The molecule has 2 aromatic heterocycles. The molecule has 17 heavy (non-hydrogen) atoms. The first-order chi connectivity index (χ1) is 8.22. The lowest BCUT2D eigenvalue weighted by molar-refractivity contribution is 0.00326. The molecule has 2 aromatic rings. The van der Waals surface area contributed by atoms with Crippen LogP contribution in [0.2, 0.25) is 5.15 Å². The van der Waals surface area contributed by atoms with Crippen molar-refractivity contribution in [2.45, 2.75) is 18.6 Å². The fourth-order valence-electron chi connectivity index (χ4n) is 2.20. The molecule has 2 heterocycles. The maximum atomic E-state index is 13.8. The number of fused-ring (bicyclic) bond motifs is 1. The van der Waals surface area contributed by atoms with Gasteiger partial charge in [-0.25, -0.2) is 19.3 Å². The van der Waals surface area contributed by atoms with Gasteiger partial charge in [-0.05, 0) is 6.42 Å². The molecule has 0 bridgehead atoms. The van der Waals surface area contributed by atoms with E-state index in [9.17, 15) is 4.39 Å². The van der Waals surface area contributed by atoms with Crippen LogP contribution >= 0.6 is 11.6 Å². The highest BCUT2D eigenvalue weighted by atomic mass is 35.5. The Morgan fingerprint density at radius 1 is 1.47 bits per heavy atom. The number of alkyl halides is 1. The van der Waals surface area contributed by atoms with Gasteiger partial charge in [0.25, 0.3) is 0 Å². The molecule has 1 saturated carbocycles. The number of imidazole rings is 1. The van der Waals surface area contributed by atoms with Crippen LogP contribution in [-0.4, -0.2) is 37.4 Å². The van der Waals surface area contributed by atoms with Crippen molar-refractivity contribution in [2.75, 3.05) is 6.61 Å². The molecule has 0 aliphatic heterocycles.